The number of rotatable bonds is 78. The molecular weight excluding hydrogens is 1570 g/mol. The first-order chi connectivity index (χ1) is 58.4. The minimum Gasteiger partial charge on any atom is -0.355 e. The van der Waals surface area contributed by atoms with Crippen LogP contribution in [0, 0.1) is 6.92 Å². The van der Waals surface area contributed by atoms with Crippen LogP contribution in [0.2, 0.25) is 0 Å². The van der Waals surface area contributed by atoms with Gasteiger partial charge in [-0.05, 0) is 12.5 Å². The van der Waals surface area contributed by atoms with Gasteiger partial charge >= 0.3 is 0 Å². The van der Waals surface area contributed by atoms with Gasteiger partial charge in [0.25, 0.3) is 0 Å². The maximum Gasteiger partial charge on any atom is 0.221 e. The molecule has 0 aliphatic heterocycles. The molecule has 0 heterocycles. The van der Waals surface area contributed by atoms with Crippen molar-refractivity contribution in [1.82, 2.24) is 109 Å². The van der Waals surface area contributed by atoms with E-state index in [9.17, 15) is 67.1 Å². The summed E-state index contributed by atoms with van der Waals surface area (Å²) in [5.41, 5.74) is 46.5. The van der Waals surface area contributed by atoms with Gasteiger partial charge in [-0.15, -0.1) is 0 Å². The zero-order valence-electron chi connectivity index (χ0n) is 72.1. The highest BCUT2D eigenvalue weighted by Gasteiger charge is 2.21. The van der Waals surface area contributed by atoms with Crippen molar-refractivity contribution in [3.8, 4) is 0 Å². The zero-order chi connectivity index (χ0) is 89.3. The van der Waals surface area contributed by atoms with Gasteiger partial charge in [-0.3, -0.25) is 72.0 Å². The summed E-state index contributed by atoms with van der Waals surface area (Å²) in [5, 5.41) is 39.7. The van der Waals surface area contributed by atoms with E-state index >= 15 is 0 Å². The van der Waals surface area contributed by atoms with Gasteiger partial charge < -0.3 is 150 Å². The largest absolute Gasteiger partial charge is 0.355 e. The van der Waals surface area contributed by atoms with Gasteiger partial charge in [-0.1, -0.05) is 29.8 Å². The third-order valence-electron chi connectivity index (χ3n) is 18.9. The highest BCUT2D eigenvalue weighted by atomic mass is 16.2. The average molecular weight is 1720 g/mol. The van der Waals surface area contributed by atoms with E-state index < -0.39 is 0 Å². The molecule has 0 unspecified atom stereocenters. The normalized spacial score (nSPS) is 11.2. The molecule has 692 valence electrons. The van der Waals surface area contributed by atoms with Crippen molar-refractivity contribution in [2.45, 2.75) is 103 Å². The number of hydrogen-bond donors (Lipinski definition) is 22. The van der Waals surface area contributed by atoms with Gasteiger partial charge in [-0.2, -0.15) is 0 Å². The van der Waals surface area contributed by atoms with Gasteiger partial charge in [-0.25, -0.2) is 0 Å². The second-order valence-electron chi connectivity index (χ2n) is 29.0. The predicted octanol–water partition coefficient (Wildman–Crippen LogP) is -10.6. The Labute approximate surface area is 715 Å². The number of carbonyl (C=O) groups is 14. The van der Waals surface area contributed by atoms with Gasteiger partial charge in [0, 0.05) is 371 Å². The van der Waals surface area contributed by atoms with Gasteiger partial charge in [0.05, 0.1) is 0 Å². The fourth-order valence-electron chi connectivity index (χ4n) is 11.9. The number of hydrogen-bond acceptors (Lipinski definition) is 29. The van der Waals surface area contributed by atoms with Crippen LogP contribution < -0.4 is 120 Å². The first-order valence-corrected chi connectivity index (χ1v) is 42.8. The van der Waals surface area contributed by atoms with E-state index in [1.807, 2.05) is 65.5 Å². The molecule has 0 bridgehead atoms. The standard InChI is InChI=1S/C78H151N29O14/c1-63-2-4-64(5-3-63)62-107(54-18-77(120)99-40-60-105(50-14-73(116)95-36-56-101(42-6-65(108)87-28-20-79)43-7-66(109)88-29-21-80)51-15-74(117)96-37-57-102(44-8-67(110)89-30-22-81)45-9-68(111)90-31-23-82)55-19-78(121)100-41-61-106(52-16-75(118)97-38-58-103(46-10-69(112)91-32-24-83)47-11-70(113)92-33-25-84)53-17-76(119)98-39-59-104(48-12-71(114)93-34-26-85)49-13-72(115)94-35-27-86/h2-5H,6-62,79-86H2,1H3,(H,87,108)(H,88,109)(H,89,110)(H,90,111)(H,91,112)(H,92,113)(H,93,114)(H,94,115)(H,95,116)(H,96,117)(H,97,118)(H,98,119)(H,99,120)(H,100,121). The molecule has 0 spiro atoms. The molecule has 0 radical (unpaired) electrons. The van der Waals surface area contributed by atoms with Gasteiger partial charge in [0.1, 0.15) is 0 Å². The monoisotopic (exact) mass is 1720 g/mol. The van der Waals surface area contributed by atoms with Crippen LogP contribution in [0.4, 0.5) is 0 Å². The molecule has 0 aliphatic rings. The lowest BCUT2D eigenvalue weighted by Crippen LogP contribution is -2.42. The van der Waals surface area contributed by atoms with Crippen molar-refractivity contribution in [2.75, 3.05) is 275 Å². The highest BCUT2D eigenvalue weighted by molar-refractivity contribution is 5.81. The minimum absolute atomic E-state index is 0.0257. The maximum absolute atomic E-state index is 13.8. The van der Waals surface area contributed by atoms with Crippen LogP contribution >= 0.6 is 0 Å². The van der Waals surface area contributed by atoms with E-state index in [0.717, 1.165) is 11.1 Å². The molecule has 0 aliphatic carbocycles. The molecule has 0 aromatic heterocycles. The van der Waals surface area contributed by atoms with E-state index in [-0.39, 0.29) is 317 Å². The zero-order valence-corrected chi connectivity index (χ0v) is 72.1. The van der Waals surface area contributed by atoms with Crippen molar-refractivity contribution in [2.24, 2.45) is 45.9 Å². The Morgan fingerprint density at radius 3 is 0.446 bits per heavy atom. The summed E-state index contributed by atoms with van der Waals surface area (Å²) in [7, 11) is 0. The Balaban J connectivity index is 3.35. The Morgan fingerprint density at radius 1 is 0.190 bits per heavy atom. The fraction of sp³-hybridized carbons (Fsp3) is 0.744. The van der Waals surface area contributed by atoms with E-state index in [0.29, 0.717) is 137 Å². The number of aryl methyl sites for hydroxylation is 1. The molecule has 0 fully saturated rings. The molecule has 43 nitrogen and oxygen atoms in total. The number of nitrogens with one attached hydrogen (secondary N) is 14. The molecule has 1 aromatic carbocycles. The number of nitrogens with two attached hydrogens (primary N) is 8. The summed E-state index contributed by atoms with van der Waals surface area (Å²) in [4.78, 5) is 195. The molecule has 121 heavy (non-hydrogen) atoms. The van der Waals surface area contributed by atoms with Gasteiger partial charge in [0.15, 0.2) is 0 Å². The fourth-order valence-corrected chi connectivity index (χ4v) is 11.9. The van der Waals surface area contributed by atoms with Crippen molar-refractivity contribution in [3.05, 3.63) is 35.4 Å². The second-order valence-corrected chi connectivity index (χ2v) is 29.0. The lowest BCUT2D eigenvalue weighted by Gasteiger charge is -2.25. The summed E-state index contributed by atoms with van der Waals surface area (Å²) in [6.45, 7) is 14.1. The quantitative estimate of drug-likeness (QED) is 0.0288. The van der Waals surface area contributed by atoms with E-state index in [4.69, 9.17) is 45.9 Å². The molecule has 0 saturated carbocycles. The summed E-state index contributed by atoms with van der Waals surface area (Å²) in [6, 6.07) is 7.92. The minimum atomic E-state index is -0.290. The first-order valence-electron chi connectivity index (χ1n) is 42.8. The third-order valence-corrected chi connectivity index (χ3v) is 18.9. The average Bonchev–Trinajstić information content (AvgIpc) is 0.896. The van der Waals surface area contributed by atoms with E-state index in [1.165, 1.54) is 0 Å². The maximum atomic E-state index is 13.8. The Kier molecular flexibility index (Phi) is 67.3. The van der Waals surface area contributed by atoms with E-state index in [2.05, 4.69) is 74.4 Å². The van der Waals surface area contributed by atoms with Crippen LogP contribution in [0.15, 0.2) is 24.3 Å². The Morgan fingerprint density at radius 2 is 0.314 bits per heavy atom. The predicted molar refractivity (Wildman–Crippen MR) is 464 cm³/mol. The smallest absolute Gasteiger partial charge is 0.221 e. The molecule has 1 rings (SSSR count). The second kappa shape index (κ2) is 73.9. The van der Waals surface area contributed by atoms with Crippen LogP contribution in [0.5, 0.6) is 0 Å². The molecule has 30 N–H and O–H groups in total. The Hall–Kier alpha value is -8.80. The SMILES string of the molecule is Cc1ccc(CN(CCC(=O)NCCN(CCC(=O)NCCN(CCC(=O)NCCN)CCC(=O)NCCN)CCC(=O)NCCN(CCC(=O)NCCN)CCC(=O)NCCN)CCC(=O)NCCN(CCC(=O)NCCN(CCC(=O)NCCN)CCC(=O)NCCN)CCC(=O)NCCN(CCC(=O)NCCN)CCC(=O)NCCN)cc1. The third kappa shape index (κ3) is 64.7. The van der Waals surface area contributed by atoms with Crippen LogP contribution in [-0.2, 0) is 73.7 Å². The van der Waals surface area contributed by atoms with Crippen molar-refractivity contribution in [1.29, 1.82) is 0 Å². The summed E-state index contributed by atoms with van der Waals surface area (Å²) >= 11 is 0. The van der Waals surface area contributed by atoms with E-state index in [1.54, 1.807) is 0 Å². The molecule has 1 aromatic rings. The van der Waals surface area contributed by atoms with Gasteiger partial charge in [0.2, 0.25) is 82.7 Å². The van der Waals surface area contributed by atoms with Crippen LogP contribution in [-0.4, -0.2) is 392 Å². The number of carbonyl (C=O) groups excluding carboxylic acids is 14. The summed E-state index contributed by atoms with van der Waals surface area (Å²) < 4.78 is 0. The highest BCUT2D eigenvalue weighted by Crippen LogP contribution is 2.10. The molecule has 43 heteroatoms. The summed E-state index contributed by atoms with van der Waals surface area (Å²) in [5.74, 6) is -3.32. The molecule has 0 saturated heterocycles. The first kappa shape index (κ1) is 110. The molecule has 14 amide bonds. The van der Waals surface area contributed by atoms with Crippen LogP contribution in [0.3, 0.4) is 0 Å². The topological polar surface area (TPSA) is 638 Å². The van der Waals surface area contributed by atoms with Crippen molar-refractivity contribution >= 4 is 82.7 Å². The number of nitrogens with zero attached hydrogens (tertiary/aromatic N) is 7. The van der Waals surface area contributed by atoms with Crippen molar-refractivity contribution < 1.29 is 67.1 Å². The van der Waals surface area contributed by atoms with Crippen molar-refractivity contribution in [3.63, 3.8) is 0 Å². The lowest BCUT2D eigenvalue weighted by atomic mass is 10.1. The lowest BCUT2D eigenvalue weighted by molar-refractivity contribution is -0.123. The number of amides is 14. The number of benzene rings is 1. The Bertz CT molecular complexity index is 2660. The van der Waals surface area contributed by atoms with Crippen LogP contribution in [0.1, 0.15) is 101 Å². The van der Waals surface area contributed by atoms with Crippen LogP contribution in [0.25, 0.3) is 0 Å². The summed E-state index contributed by atoms with van der Waals surface area (Å²) in [6.07, 6.45) is 1.41. The molecular formula is C78H151N29O14. The molecule has 0 atom stereocenters.